The van der Waals surface area contributed by atoms with Gasteiger partial charge in [-0.25, -0.2) is 14.4 Å². The number of aliphatic carboxylic acids is 2. The van der Waals surface area contributed by atoms with Crippen molar-refractivity contribution in [1.29, 1.82) is 5.41 Å². The van der Waals surface area contributed by atoms with E-state index in [-0.39, 0.29) is 23.8 Å². The number of amidine groups is 1. The number of nitrogens with one attached hydrogen (secondary N) is 2. The van der Waals surface area contributed by atoms with Gasteiger partial charge in [0.2, 0.25) is 17.6 Å². The second kappa shape index (κ2) is 13.4. The van der Waals surface area contributed by atoms with Gasteiger partial charge in [-0.3, -0.25) is 15.0 Å². The summed E-state index contributed by atoms with van der Waals surface area (Å²) in [5.74, 6) is -6.73. The first-order valence-electron chi connectivity index (χ1n) is 10.4. The number of nitrogens with two attached hydrogens (primary N) is 2. The van der Waals surface area contributed by atoms with Gasteiger partial charge in [0, 0.05) is 17.9 Å². The number of alkyl halides is 3. The molecule has 2 amide bonds. The maximum Gasteiger partial charge on any atom is 0.490 e. The molecular weight excluding hydrogens is 521 g/mol. The van der Waals surface area contributed by atoms with Crippen molar-refractivity contribution in [2.24, 2.45) is 17.4 Å². The first kappa shape index (κ1) is 31.1. The average molecular weight is 544 g/mol. The third-order valence-corrected chi connectivity index (χ3v) is 4.46. The van der Waals surface area contributed by atoms with Gasteiger partial charge in [-0.2, -0.15) is 13.2 Å². The molecule has 0 saturated carbocycles. The van der Waals surface area contributed by atoms with E-state index in [1.54, 1.807) is 0 Å². The van der Waals surface area contributed by atoms with Gasteiger partial charge in [0.25, 0.3) is 0 Å². The third-order valence-electron chi connectivity index (χ3n) is 4.46. The van der Waals surface area contributed by atoms with Gasteiger partial charge in [0.1, 0.15) is 23.4 Å². The number of amides is 2. The predicted molar refractivity (Wildman–Crippen MR) is 121 cm³/mol. The number of ether oxygens (including phenoxy) is 1. The minimum atomic E-state index is -5.08. The fraction of sp³-hybridized carbons (Fsp3) is 0.273. The molecular formula is C22H23F3N4O9. The Balaban J connectivity index is 0.000000905. The minimum Gasteiger partial charge on any atom is -0.480 e. The first-order chi connectivity index (χ1) is 17.5. The van der Waals surface area contributed by atoms with E-state index in [9.17, 15) is 32.3 Å². The summed E-state index contributed by atoms with van der Waals surface area (Å²) in [7, 11) is 0. The van der Waals surface area contributed by atoms with Crippen LogP contribution in [0.3, 0.4) is 0 Å². The number of halogens is 3. The molecule has 0 saturated heterocycles. The van der Waals surface area contributed by atoms with E-state index >= 15 is 0 Å². The quantitative estimate of drug-likeness (QED) is 0.107. The number of hydrogen-bond acceptors (Lipinski definition) is 8. The Labute approximate surface area is 212 Å². The Kier molecular flexibility index (Phi) is 11.0. The Bertz CT molecular complexity index is 1190. The number of carboxylic acids is 2. The Hall–Kier alpha value is -4.89. The highest BCUT2D eigenvalue weighted by atomic mass is 19.4. The lowest BCUT2D eigenvalue weighted by Gasteiger charge is -2.16. The van der Waals surface area contributed by atoms with Crippen molar-refractivity contribution >= 4 is 35.6 Å². The molecule has 1 aromatic carbocycles. The second-order valence-electron chi connectivity index (χ2n) is 7.57. The topological polar surface area (TPSA) is 236 Å². The van der Waals surface area contributed by atoms with Crippen LogP contribution < -0.4 is 21.5 Å². The number of rotatable bonds is 10. The molecule has 2 atom stereocenters. The zero-order valence-corrected chi connectivity index (χ0v) is 19.6. The third kappa shape index (κ3) is 10.4. The molecule has 2 aromatic rings. The second-order valence-corrected chi connectivity index (χ2v) is 7.57. The van der Waals surface area contributed by atoms with Crippen LogP contribution in [0.5, 0.6) is 5.75 Å². The zero-order valence-electron chi connectivity index (χ0n) is 19.6. The zero-order chi connectivity index (χ0) is 29.2. The van der Waals surface area contributed by atoms with Crippen LogP contribution in [0, 0.1) is 11.3 Å². The summed E-state index contributed by atoms with van der Waals surface area (Å²) in [5, 5.41) is 25.8. The highest BCUT2D eigenvalue weighted by molar-refractivity contribution is 5.95. The molecule has 16 heteroatoms. The van der Waals surface area contributed by atoms with Crippen LogP contribution in [-0.4, -0.2) is 58.0 Å². The Morgan fingerprint density at radius 3 is 2.05 bits per heavy atom. The largest absolute Gasteiger partial charge is 0.490 e. The lowest BCUT2D eigenvalue weighted by molar-refractivity contribution is -0.192. The lowest BCUT2D eigenvalue weighted by atomic mass is 10.0. The standard InChI is InChI=1S/C20H22N4O7.C2HF3O2/c1-10(18(26)24-14(19(27)28)9-16(21)25)8-13-6-7-15(30-13)20(29)31-12-4-2-11(3-5-12)17(22)23;3-2(4,5)1(6)7/h2-7,10,14H,8-9H2,1H3,(H2,21,25)(H3,22,23)(H,24,26)(H,27,28);(H,6,7)/t10-,14+;/m1./s1. The van der Waals surface area contributed by atoms with E-state index in [4.69, 9.17) is 41.0 Å². The minimum absolute atomic E-state index is 0.0787. The van der Waals surface area contributed by atoms with Gasteiger partial charge in [-0.05, 0) is 36.4 Å². The molecule has 38 heavy (non-hydrogen) atoms. The van der Waals surface area contributed by atoms with Gasteiger partial charge < -0.3 is 36.2 Å². The van der Waals surface area contributed by atoms with Gasteiger partial charge in [-0.1, -0.05) is 6.92 Å². The normalized spacial score (nSPS) is 12.2. The summed E-state index contributed by atoms with van der Waals surface area (Å²) in [5.41, 5.74) is 10.8. The predicted octanol–water partition coefficient (Wildman–Crippen LogP) is 1.04. The first-order valence-corrected chi connectivity index (χ1v) is 10.4. The van der Waals surface area contributed by atoms with Crippen molar-refractivity contribution in [3.05, 3.63) is 53.5 Å². The van der Waals surface area contributed by atoms with Crippen LogP contribution in [0.4, 0.5) is 13.2 Å². The summed E-state index contributed by atoms with van der Waals surface area (Å²) in [6.07, 6.45) is -5.53. The molecule has 206 valence electrons. The summed E-state index contributed by atoms with van der Waals surface area (Å²) in [4.78, 5) is 55.4. The lowest BCUT2D eigenvalue weighted by Crippen LogP contribution is -2.45. The van der Waals surface area contributed by atoms with E-state index in [1.807, 2.05) is 0 Å². The van der Waals surface area contributed by atoms with E-state index in [0.29, 0.717) is 11.3 Å². The van der Waals surface area contributed by atoms with Crippen molar-refractivity contribution in [3.63, 3.8) is 0 Å². The van der Waals surface area contributed by atoms with Gasteiger partial charge in [0.05, 0.1) is 6.42 Å². The molecule has 13 nitrogen and oxygen atoms in total. The van der Waals surface area contributed by atoms with Crippen LogP contribution in [0.1, 0.15) is 35.2 Å². The fourth-order valence-electron chi connectivity index (χ4n) is 2.57. The maximum absolute atomic E-state index is 12.2. The summed E-state index contributed by atoms with van der Waals surface area (Å²) in [6.45, 7) is 1.54. The van der Waals surface area contributed by atoms with E-state index in [2.05, 4.69) is 5.32 Å². The van der Waals surface area contributed by atoms with Crippen molar-refractivity contribution in [2.75, 3.05) is 0 Å². The molecule has 1 aromatic heterocycles. The molecule has 0 radical (unpaired) electrons. The number of carbonyl (C=O) groups excluding carboxylic acids is 3. The Morgan fingerprint density at radius 2 is 1.61 bits per heavy atom. The number of esters is 1. The number of furan rings is 1. The van der Waals surface area contributed by atoms with E-state index in [1.165, 1.54) is 43.3 Å². The van der Waals surface area contributed by atoms with Crippen LogP contribution in [0.25, 0.3) is 0 Å². The molecule has 0 unspecified atom stereocenters. The SMILES string of the molecule is C[C@H](Cc1ccc(C(=O)Oc2ccc(C(=N)N)cc2)o1)C(=O)N[C@@H](CC(N)=O)C(=O)O.O=C(O)C(F)(F)F. The molecule has 0 fully saturated rings. The molecule has 8 N–H and O–H groups in total. The molecule has 0 spiro atoms. The smallest absolute Gasteiger partial charge is 0.480 e. The molecule has 2 rings (SSSR count). The highest BCUT2D eigenvalue weighted by Crippen LogP contribution is 2.18. The van der Waals surface area contributed by atoms with Crippen molar-refractivity contribution in [1.82, 2.24) is 5.32 Å². The van der Waals surface area contributed by atoms with Gasteiger partial charge in [-0.15, -0.1) is 0 Å². The molecule has 0 aliphatic carbocycles. The van der Waals surface area contributed by atoms with Gasteiger partial charge in [0.15, 0.2) is 0 Å². The summed E-state index contributed by atoms with van der Waals surface area (Å²) >= 11 is 0. The maximum atomic E-state index is 12.2. The number of carboxylic acid groups (broad SMARTS) is 2. The Morgan fingerprint density at radius 1 is 1.05 bits per heavy atom. The molecule has 0 aliphatic heterocycles. The number of primary amides is 1. The number of carbonyl (C=O) groups is 5. The summed E-state index contributed by atoms with van der Waals surface area (Å²) < 4.78 is 42.3. The summed E-state index contributed by atoms with van der Waals surface area (Å²) in [6, 6.07) is 7.48. The van der Waals surface area contributed by atoms with Gasteiger partial charge >= 0.3 is 24.1 Å². The molecule has 0 aliphatic rings. The highest BCUT2D eigenvalue weighted by Gasteiger charge is 2.38. The van der Waals surface area contributed by atoms with Crippen LogP contribution in [-0.2, 0) is 25.6 Å². The number of benzene rings is 1. The van der Waals surface area contributed by atoms with Crippen LogP contribution in [0.2, 0.25) is 0 Å². The van der Waals surface area contributed by atoms with Crippen LogP contribution in [0.15, 0.2) is 40.8 Å². The number of hydrogen-bond donors (Lipinski definition) is 6. The van der Waals surface area contributed by atoms with Crippen molar-refractivity contribution in [2.45, 2.75) is 32.0 Å². The van der Waals surface area contributed by atoms with E-state index in [0.717, 1.165) is 0 Å². The van der Waals surface area contributed by atoms with Crippen molar-refractivity contribution in [3.8, 4) is 5.75 Å². The molecule has 0 bridgehead atoms. The molecule has 1 heterocycles. The average Bonchev–Trinajstić information content (AvgIpc) is 3.27. The fourth-order valence-corrected chi connectivity index (χ4v) is 2.57. The van der Waals surface area contributed by atoms with Crippen molar-refractivity contribution < 1.29 is 56.5 Å². The monoisotopic (exact) mass is 544 g/mol. The van der Waals surface area contributed by atoms with Crippen LogP contribution >= 0.6 is 0 Å². The number of nitrogen functional groups attached to an aromatic ring is 1. The van der Waals surface area contributed by atoms with E-state index < -0.39 is 54.3 Å².